The van der Waals surface area contributed by atoms with E-state index in [-0.39, 0.29) is 11.6 Å². The molecule has 6 heteroatoms. The number of fused-ring (bicyclic) bond motifs is 1. The Morgan fingerprint density at radius 3 is 2.29 bits per heavy atom. The number of ether oxygens (including phenoxy) is 2. The summed E-state index contributed by atoms with van der Waals surface area (Å²) in [5.41, 5.74) is 5.76. The SMILES string of the molecule is CCc1ccc(NC2=C(c3ccc(C)cc3C)C(=O)N(c3ccc4c(c3)OCCO4)C2=O)cc1. The van der Waals surface area contributed by atoms with E-state index >= 15 is 0 Å². The number of benzene rings is 3. The Hall–Kier alpha value is -4.06. The van der Waals surface area contributed by atoms with E-state index in [1.165, 1.54) is 10.5 Å². The van der Waals surface area contributed by atoms with E-state index in [4.69, 9.17) is 9.47 Å². The maximum atomic E-state index is 13.8. The summed E-state index contributed by atoms with van der Waals surface area (Å²) in [6.07, 6.45) is 0.923. The van der Waals surface area contributed by atoms with E-state index in [1.54, 1.807) is 18.2 Å². The fourth-order valence-corrected chi connectivity index (χ4v) is 4.36. The molecule has 0 aromatic heterocycles. The van der Waals surface area contributed by atoms with Crippen molar-refractivity contribution in [1.82, 2.24) is 0 Å². The summed E-state index contributed by atoms with van der Waals surface area (Å²) in [7, 11) is 0. The third kappa shape index (κ3) is 3.81. The first-order chi connectivity index (χ1) is 16.5. The number of hydrogen-bond acceptors (Lipinski definition) is 5. The minimum atomic E-state index is -0.406. The van der Waals surface area contributed by atoms with Crippen LogP contribution in [0.1, 0.15) is 29.2 Å². The summed E-state index contributed by atoms with van der Waals surface area (Å²) in [6.45, 7) is 6.94. The van der Waals surface area contributed by atoms with Crippen LogP contribution in [0.2, 0.25) is 0 Å². The first-order valence-electron chi connectivity index (χ1n) is 11.4. The molecule has 0 radical (unpaired) electrons. The van der Waals surface area contributed by atoms with Gasteiger partial charge in [0, 0.05) is 11.8 Å². The lowest BCUT2D eigenvalue weighted by Gasteiger charge is -2.21. The molecule has 1 N–H and O–H groups in total. The zero-order chi connectivity index (χ0) is 23.8. The van der Waals surface area contributed by atoms with Crippen molar-refractivity contribution in [2.24, 2.45) is 0 Å². The Kier molecular flexibility index (Phi) is 5.57. The van der Waals surface area contributed by atoms with E-state index < -0.39 is 5.91 Å². The molecule has 0 saturated carbocycles. The number of anilines is 2. The van der Waals surface area contributed by atoms with E-state index in [0.717, 1.165) is 28.8 Å². The van der Waals surface area contributed by atoms with Gasteiger partial charge in [-0.15, -0.1) is 0 Å². The van der Waals surface area contributed by atoms with Crippen LogP contribution in [0.3, 0.4) is 0 Å². The molecule has 0 aliphatic carbocycles. The van der Waals surface area contributed by atoms with Crippen molar-refractivity contribution in [3.05, 3.63) is 88.6 Å². The maximum Gasteiger partial charge on any atom is 0.282 e. The van der Waals surface area contributed by atoms with Gasteiger partial charge in [-0.05, 0) is 61.2 Å². The maximum absolute atomic E-state index is 13.8. The highest BCUT2D eigenvalue weighted by atomic mass is 16.6. The van der Waals surface area contributed by atoms with Gasteiger partial charge >= 0.3 is 0 Å². The van der Waals surface area contributed by atoms with Crippen LogP contribution in [0.4, 0.5) is 11.4 Å². The molecule has 0 unspecified atom stereocenters. The Morgan fingerprint density at radius 2 is 1.59 bits per heavy atom. The fourth-order valence-electron chi connectivity index (χ4n) is 4.36. The molecule has 0 spiro atoms. The Labute approximate surface area is 198 Å². The highest BCUT2D eigenvalue weighted by Crippen LogP contribution is 2.39. The van der Waals surface area contributed by atoms with Crippen LogP contribution >= 0.6 is 0 Å². The van der Waals surface area contributed by atoms with Crippen LogP contribution < -0.4 is 19.7 Å². The Balaban J connectivity index is 1.59. The second-order valence-electron chi connectivity index (χ2n) is 8.52. The molecule has 3 aromatic rings. The molecule has 6 nitrogen and oxygen atoms in total. The number of aryl methyl sites for hydroxylation is 3. The molecule has 34 heavy (non-hydrogen) atoms. The van der Waals surface area contributed by atoms with Gasteiger partial charge in [-0.25, -0.2) is 4.90 Å². The van der Waals surface area contributed by atoms with Crippen LogP contribution in [0.25, 0.3) is 5.57 Å². The van der Waals surface area contributed by atoms with Crippen LogP contribution in [-0.2, 0) is 16.0 Å². The molecule has 2 amide bonds. The van der Waals surface area contributed by atoms with Crippen molar-refractivity contribution < 1.29 is 19.1 Å². The molecule has 2 aliphatic rings. The number of imide groups is 1. The number of nitrogens with one attached hydrogen (secondary N) is 1. The largest absolute Gasteiger partial charge is 0.486 e. The summed E-state index contributed by atoms with van der Waals surface area (Å²) >= 11 is 0. The summed E-state index contributed by atoms with van der Waals surface area (Å²) < 4.78 is 11.3. The molecule has 0 bridgehead atoms. The second-order valence-corrected chi connectivity index (χ2v) is 8.52. The fraction of sp³-hybridized carbons (Fsp3) is 0.214. The van der Waals surface area contributed by atoms with Gasteiger partial charge in [-0.3, -0.25) is 9.59 Å². The smallest absolute Gasteiger partial charge is 0.282 e. The summed E-state index contributed by atoms with van der Waals surface area (Å²) in [6, 6.07) is 18.9. The molecule has 2 heterocycles. The predicted octanol–water partition coefficient (Wildman–Crippen LogP) is 5.03. The lowest BCUT2D eigenvalue weighted by molar-refractivity contribution is -0.120. The van der Waals surface area contributed by atoms with E-state index in [1.807, 2.05) is 56.3 Å². The highest BCUT2D eigenvalue weighted by molar-refractivity contribution is 6.46. The van der Waals surface area contributed by atoms with Crippen molar-refractivity contribution in [2.45, 2.75) is 27.2 Å². The number of carbonyl (C=O) groups excluding carboxylic acids is 2. The molecular weight excluding hydrogens is 428 g/mol. The van der Waals surface area contributed by atoms with Crippen LogP contribution in [0.15, 0.2) is 66.4 Å². The average molecular weight is 455 g/mol. The topological polar surface area (TPSA) is 67.9 Å². The molecule has 0 atom stereocenters. The van der Waals surface area contributed by atoms with Crippen LogP contribution in [-0.4, -0.2) is 25.0 Å². The zero-order valence-corrected chi connectivity index (χ0v) is 19.5. The van der Waals surface area contributed by atoms with Gasteiger partial charge in [0.25, 0.3) is 11.8 Å². The van der Waals surface area contributed by atoms with Crippen molar-refractivity contribution >= 4 is 28.8 Å². The molecule has 5 rings (SSSR count). The number of rotatable bonds is 5. The van der Waals surface area contributed by atoms with Crippen LogP contribution in [0.5, 0.6) is 11.5 Å². The number of hydrogen-bond donors (Lipinski definition) is 1. The number of carbonyl (C=O) groups is 2. The van der Waals surface area contributed by atoms with Crippen molar-refractivity contribution in [3.8, 4) is 11.5 Å². The van der Waals surface area contributed by atoms with Crippen molar-refractivity contribution in [3.63, 3.8) is 0 Å². The number of nitrogens with zero attached hydrogens (tertiary/aromatic N) is 1. The van der Waals surface area contributed by atoms with E-state index in [9.17, 15) is 9.59 Å². The summed E-state index contributed by atoms with van der Waals surface area (Å²) in [5.74, 6) is 0.345. The summed E-state index contributed by atoms with van der Waals surface area (Å²) in [5, 5.41) is 3.24. The van der Waals surface area contributed by atoms with Crippen molar-refractivity contribution in [1.29, 1.82) is 0 Å². The molecule has 2 aliphatic heterocycles. The van der Waals surface area contributed by atoms with Gasteiger partial charge in [0.05, 0.1) is 11.3 Å². The van der Waals surface area contributed by atoms with Gasteiger partial charge in [-0.1, -0.05) is 42.8 Å². The average Bonchev–Trinajstić information content (AvgIpc) is 3.08. The quantitative estimate of drug-likeness (QED) is 0.548. The molecule has 172 valence electrons. The summed E-state index contributed by atoms with van der Waals surface area (Å²) in [4.78, 5) is 28.6. The molecule has 3 aromatic carbocycles. The lowest BCUT2D eigenvalue weighted by Crippen LogP contribution is -2.32. The first-order valence-corrected chi connectivity index (χ1v) is 11.4. The minimum absolute atomic E-state index is 0.260. The standard InChI is InChI=1S/C28H26N2O4/c1-4-19-6-8-20(9-7-19)29-26-25(22-11-5-17(2)15-18(22)3)27(31)30(28(26)32)21-10-12-23-24(16-21)34-14-13-33-23/h5-12,15-16,29H,4,13-14H2,1-3H3. The number of amides is 2. The zero-order valence-electron chi connectivity index (χ0n) is 19.5. The van der Waals surface area contributed by atoms with Gasteiger partial charge < -0.3 is 14.8 Å². The first kappa shape index (κ1) is 21.8. The normalized spacial score (nSPS) is 15.2. The Bertz CT molecular complexity index is 1320. The third-order valence-corrected chi connectivity index (χ3v) is 6.15. The molecular formula is C28H26N2O4. The Morgan fingerprint density at radius 1 is 0.853 bits per heavy atom. The lowest BCUT2D eigenvalue weighted by atomic mass is 9.97. The van der Waals surface area contributed by atoms with Gasteiger partial charge in [0.15, 0.2) is 11.5 Å². The second kappa shape index (κ2) is 8.71. The predicted molar refractivity (Wildman–Crippen MR) is 132 cm³/mol. The minimum Gasteiger partial charge on any atom is -0.486 e. The van der Waals surface area contributed by atoms with E-state index in [2.05, 4.69) is 12.2 Å². The van der Waals surface area contributed by atoms with Gasteiger partial charge in [0.2, 0.25) is 0 Å². The third-order valence-electron chi connectivity index (χ3n) is 6.15. The van der Waals surface area contributed by atoms with Crippen molar-refractivity contribution in [2.75, 3.05) is 23.4 Å². The monoisotopic (exact) mass is 454 g/mol. The van der Waals surface area contributed by atoms with Crippen LogP contribution in [0, 0.1) is 13.8 Å². The van der Waals surface area contributed by atoms with E-state index in [0.29, 0.717) is 36.0 Å². The molecule has 0 fully saturated rings. The highest BCUT2D eigenvalue weighted by Gasteiger charge is 2.41. The van der Waals surface area contributed by atoms with Gasteiger partial charge in [-0.2, -0.15) is 0 Å². The molecule has 0 saturated heterocycles. The van der Waals surface area contributed by atoms with Gasteiger partial charge in [0.1, 0.15) is 18.9 Å².